The van der Waals surface area contributed by atoms with Gasteiger partial charge in [-0.2, -0.15) is 5.26 Å². The Morgan fingerprint density at radius 2 is 1.86 bits per heavy atom. The molecule has 5 nitrogen and oxygen atoms in total. The van der Waals surface area contributed by atoms with Gasteiger partial charge >= 0.3 is 0 Å². The van der Waals surface area contributed by atoms with Gasteiger partial charge in [-0.25, -0.2) is 0 Å². The summed E-state index contributed by atoms with van der Waals surface area (Å²) in [6, 6.07) is 25.1. The number of halogens is 2. The van der Waals surface area contributed by atoms with Gasteiger partial charge in [-0.1, -0.05) is 71.4 Å². The Balaban J connectivity index is 1.33. The molecule has 1 amide bonds. The summed E-state index contributed by atoms with van der Waals surface area (Å²) in [7, 11) is 0. The lowest BCUT2D eigenvalue weighted by Crippen LogP contribution is -2.47. The van der Waals surface area contributed by atoms with E-state index in [0.717, 1.165) is 21.8 Å². The highest BCUT2D eigenvalue weighted by Gasteiger charge is 2.38. The van der Waals surface area contributed by atoms with Gasteiger partial charge in [-0.15, -0.1) is 0 Å². The molecular formula is C27H21Cl2N3O2S. The van der Waals surface area contributed by atoms with Crippen molar-refractivity contribution in [2.45, 2.75) is 18.9 Å². The van der Waals surface area contributed by atoms with Crippen molar-refractivity contribution < 1.29 is 9.53 Å². The van der Waals surface area contributed by atoms with E-state index in [-0.39, 0.29) is 18.2 Å². The van der Waals surface area contributed by atoms with E-state index in [4.69, 9.17) is 27.9 Å². The average Bonchev–Trinajstić information content (AvgIpc) is 2.88. The lowest BCUT2D eigenvalue weighted by molar-refractivity contribution is -0.129. The lowest BCUT2D eigenvalue weighted by Gasteiger charge is -2.42. The zero-order valence-electron chi connectivity index (χ0n) is 18.7. The number of carbonyl (C=O) groups excluding carboxylic acids is 1. The summed E-state index contributed by atoms with van der Waals surface area (Å²) in [5.41, 5.74) is 3.41. The highest BCUT2D eigenvalue weighted by Crippen LogP contribution is 2.43. The van der Waals surface area contributed by atoms with E-state index in [1.807, 2.05) is 72.8 Å². The van der Waals surface area contributed by atoms with Gasteiger partial charge in [0.05, 0.1) is 29.2 Å². The van der Waals surface area contributed by atoms with Crippen LogP contribution >= 0.6 is 35.0 Å². The molecule has 0 saturated carbocycles. The molecule has 0 unspecified atom stereocenters. The zero-order valence-corrected chi connectivity index (χ0v) is 21.0. The number of hydrogen-bond acceptors (Lipinski definition) is 5. The van der Waals surface area contributed by atoms with E-state index in [2.05, 4.69) is 11.0 Å². The minimum absolute atomic E-state index is 0.00211. The predicted molar refractivity (Wildman–Crippen MR) is 140 cm³/mol. The van der Waals surface area contributed by atoms with Gasteiger partial charge in [0.1, 0.15) is 12.4 Å². The summed E-state index contributed by atoms with van der Waals surface area (Å²) in [4.78, 5) is 17.0. The molecule has 2 aliphatic rings. The maximum absolute atomic E-state index is 13.2. The molecule has 2 heterocycles. The van der Waals surface area contributed by atoms with Crippen LogP contribution in [-0.4, -0.2) is 23.4 Å². The lowest BCUT2D eigenvalue weighted by atomic mass is 9.86. The molecule has 3 aromatic rings. The SMILES string of the molecule is N#CC1=C2SCN(c3cccc(Cl)c3)CN2C(=O)C[C@@H]1c1ccc(OCc2ccccc2Cl)cc1. The van der Waals surface area contributed by atoms with Crippen LogP contribution in [0.4, 0.5) is 5.69 Å². The fourth-order valence-corrected chi connectivity index (χ4v) is 5.80. The molecule has 3 aromatic carbocycles. The second-order valence-corrected chi connectivity index (χ2v) is 10.1. The molecule has 0 N–H and O–H groups in total. The Labute approximate surface area is 218 Å². The van der Waals surface area contributed by atoms with Gasteiger partial charge in [-0.05, 0) is 42.0 Å². The third kappa shape index (κ3) is 4.99. The van der Waals surface area contributed by atoms with E-state index in [1.54, 1.807) is 4.90 Å². The summed E-state index contributed by atoms with van der Waals surface area (Å²) < 4.78 is 5.88. The topological polar surface area (TPSA) is 56.6 Å². The van der Waals surface area contributed by atoms with E-state index in [1.165, 1.54) is 11.8 Å². The minimum atomic E-state index is -0.276. The van der Waals surface area contributed by atoms with Gasteiger partial charge in [0, 0.05) is 33.6 Å². The second kappa shape index (κ2) is 10.2. The Morgan fingerprint density at radius 3 is 2.60 bits per heavy atom. The number of nitrogens with zero attached hydrogens (tertiary/aromatic N) is 3. The van der Waals surface area contributed by atoms with Crippen LogP contribution in [0.1, 0.15) is 23.5 Å². The van der Waals surface area contributed by atoms with Crippen LogP contribution in [0.2, 0.25) is 10.0 Å². The van der Waals surface area contributed by atoms with Crippen molar-refractivity contribution in [1.29, 1.82) is 5.26 Å². The number of hydrogen-bond donors (Lipinski definition) is 0. The third-order valence-corrected chi connectivity index (χ3v) is 7.86. The number of ether oxygens (including phenoxy) is 1. The van der Waals surface area contributed by atoms with E-state index >= 15 is 0 Å². The number of anilines is 1. The molecule has 0 aliphatic carbocycles. The van der Waals surface area contributed by atoms with Gasteiger partial charge in [0.2, 0.25) is 5.91 Å². The first-order valence-corrected chi connectivity index (χ1v) is 12.8. The smallest absolute Gasteiger partial charge is 0.229 e. The molecule has 5 rings (SSSR count). The predicted octanol–water partition coefficient (Wildman–Crippen LogP) is 6.79. The number of amides is 1. The van der Waals surface area contributed by atoms with Crippen molar-refractivity contribution in [2.75, 3.05) is 17.4 Å². The van der Waals surface area contributed by atoms with Crippen LogP contribution in [0.3, 0.4) is 0 Å². The van der Waals surface area contributed by atoms with Crippen molar-refractivity contribution in [3.05, 3.63) is 105 Å². The van der Waals surface area contributed by atoms with Crippen molar-refractivity contribution in [2.24, 2.45) is 0 Å². The van der Waals surface area contributed by atoms with Gasteiger partial charge in [0.25, 0.3) is 0 Å². The average molecular weight is 522 g/mol. The highest BCUT2D eigenvalue weighted by atomic mass is 35.5. The summed E-state index contributed by atoms with van der Waals surface area (Å²) in [5.74, 6) is 1.06. The number of allylic oxidation sites excluding steroid dienone is 1. The Hall–Kier alpha value is -3.11. The quantitative estimate of drug-likeness (QED) is 0.369. The number of thioether (sulfide) groups is 1. The maximum atomic E-state index is 13.2. The molecular weight excluding hydrogens is 501 g/mol. The maximum Gasteiger partial charge on any atom is 0.229 e. The van der Waals surface area contributed by atoms with E-state index in [9.17, 15) is 10.1 Å². The van der Waals surface area contributed by atoms with Crippen LogP contribution in [0, 0.1) is 11.3 Å². The zero-order chi connectivity index (χ0) is 24.4. The Morgan fingerprint density at radius 1 is 1.06 bits per heavy atom. The number of nitriles is 1. The summed E-state index contributed by atoms with van der Waals surface area (Å²) in [5, 5.41) is 12.1. The van der Waals surface area contributed by atoms with Gasteiger partial charge in [-0.3, -0.25) is 9.69 Å². The van der Waals surface area contributed by atoms with E-state index in [0.29, 0.717) is 40.5 Å². The monoisotopic (exact) mass is 521 g/mol. The third-order valence-electron chi connectivity index (χ3n) is 6.10. The molecule has 35 heavy (non-hydrogen) atoms. The molecule has 0 bridgehead atoms. The molecule has 1 atom stereocenters. The fourth-order valence-electron chi connectivity index (χ4n) is 4.26. The van der Waals surface area contributed by atoms with Gasteiger partial charge in [0.15, 0.2) is 0 Å². The van der Waals surface area contributed by atoms with E-state index < -0.39 is 0 Å². The molecule has 2 aliphatic heterocycles. The largest absolute Gasteiger partial charge is 0.489 e. The molecule has 0 spiro atoms. The van der Waals surface area contributed by atoms with Crippen LogP contribution in [0.15, 0.2) is 83.4 Å². The molecule has 176 valence electrons. The Bertz CT molecular complexity index is 1340. The van der Waals surface area contributed by atoms with Crippen LogP contribution in [-0.2, 0) is 11.4 Å². The molecule has 1 fully saturated rings. The standard InChI is InChI=1S/C27H21Cl2N3O2S/c28-20-5-3-6-21(12-20)31-16-32-26(33)13-23(24(14-30)27(32)35-17-31)18-8-10-22(11-9-18)34-15-19-4-1-2-7-25(19)29/h1-12,23H,13,15-17H2/t23-/m1/s1. The molecule has 8 heteroatoms. The first kappa shape index (κ1) is 23.6. The number of fused-ring (bicyclic) bond motifs is 1. The first-order valence-electron chi connectivity index (χ1n) is 11.1. The Kier molecular flexibility index (Phi) is 6.92. The number of carbonyl (C=O) groups is 1. The molecule has 0 radical (unpaired) electrons. The first-order chi connectivity index (χ1) is 17.0. The van der Waals surface area contributed by atoms with Crippen molar-refractivity contribution >= 4 is 46.6 Å². The summed E-state index contributed by atoms with van der Waals surface area (Å²) in [6.07, 6.45) is 0.246. The fraction of sp³-hybridized carbons (Fsp3) is 0.185. The normalized spacial score (nSPS) is 17.7. The summed E-state index contributed by atoms with van der Waals surface area (Å²) >= 11 is 13.9. The molecule has 1 saturated heterocycles. The highest BCUT2D eigenvalue weighted by molar-refractivity contribution is 8.03. The number of rotatable bonds is 5. The van der Waals surface area contributed by atoms with Crippen molar-refractivity contribution in [3.8, 4) is 11.8 Å². The van der Waals surface area contributed by atoms with Crippen LogP contribution in [0.5, 0.6) is 5.75 Å². The molecule has 0 aromatic heterocycles. The van der Waals surface area contributed by atoms with Crippen molar-refractivity contribution in [3.63, 3.8) is 0 Å². The van der Waals surface area contributed by atoms with Crippen LogP contribution in [0.25, 0.3) is 0 Å². The van der Waals surface area contributed by atoms with Crippen molar-refractivity contribution in [1.82, 2.24) is 4.90 Å². The second-order valence-electron chi connectivity index (χ2n) is 8.29. The minimum Gasteiger partial charge on any atom is -0.489 e. The van der Waals surface area contributed by atoms with Crippen LogP contribution < -0.4 is 9.64 Å². The number of benzene rings is 3. The van der Waals surface area contributed by atoms with Gasteiger partial charge < -0.3 is 9.64 Å². The summed E-state index contributed by atoms with van der Waals surface area (Å²) in [6.45, 7) is 0.761.